The van der Waals surface area contributed by atoms with Crippen molar-refractivity contribution in [3.05, 3.63) is 35.9 Å². The molecule has 2 unspecified atom stereocenters. The van der Waals surface area contributed by atoms with Crippen LogP contribution in [-0.2, 0) is 10.9 Å². The Bertz CT molecular complexity index is 406. The maximum Gasteiger partial charge on any atom is 0.286 e. The number of aliphatic hydroxyl groups excluding tert-OH is 1. The van der Waals surface area contributed by atoms with Crippen molar-refractivity contribution >= 4 is 45.1 Å². The average Bonchev–Trinajstić information content (AvgIpc) is 2.38. The molecular weight excluding hydrogens is 284 g/mol. The number of rotatable bonds is 6. The fraction of sp³-hybridized carbons (Fsp3) is 0.385. The van der Waals surface area contributed by atoms with Crippen LogP contribution in [0.2, 0.25) is 0 Å². The normalized spacial score (nSPS) is 13.9. The minimum Gasteiger partial charge on any atom is -0.343 e. The van der Waals surface area contributed by atoms with Crippen LogP contribution in [0.4, 0.5) is 0 Å². The number of ketones is 1. The quantitative estimate of drug-likeness (QED) is 0.367. The number of benzene rings is 1. The molecule has 0 radical (unpaired) electrons. The van der Waals surface area contributed by atoms with Gasteiger partial charge in [-0.3, -0.25) is 4.79 Å². The first kappa shape index (κ1) is 15.7. The largest absolute Gasteiger partial charge is 0.343 e. The van der Waals surface area contributed by atoms with Gasteiger partial charge in [0.1, 0.15) is 5.75 Å². The van der Waals surface area contributed by atoms with E-state index >= 15 is 0 Å². The van der Waals surface area contributed by atoms with Gasteiger partial charge in [-0.2, -0.15) is 0 Å². The highest BCUT2D eigenvalue weighted by Gasteiger charge is 2.37. The molecule has 0 spiro atoms. The van der Waals surface area contributed by atoms with E-state index in [1.54, 1.807) is 24.3 Å². The van der Waals surface area contributed by atoms with Gasteiger partial charge in [-0.1, -0.05) is 56.3 Å². The number of aliphatic hydroxyl groups is 1. The molecule has 1 N–H and O–H groups in total. The first-order valence-corrected chi connectivity index (χ1v) is 8.09. The van der Waals surface area contributed by atoms with Crippen LogP contribution in [0.1, 0.15) is 30.1 Å². The number of hydrogen-bond donors (Lipinski definition) is 2. The summed E-state index contributed by atoms with van der Waals surface area (Å²) < 4.78 is 0.431. The molecule has 0 saturated carbocycles. The van der Waals surface area contributed by atoms with Crippen molar-refractivity contribution in [2.24, 2.45) is 0 Å². The van der Waals surface area contributed by atoms with Gasteiger partial charge in [0, 0.05) is 5.56 Å². The molecule has 1 rings (SSSR count). The van der Waals surface area contributed by atoms with Crippen molar-refractivity contribution in [2.75, 3.05) is 5.75 Å². The summed E-state index contributed by atoms with van der Waals surface area (Å²) in [5, 5.41) is 10.2. The second kappa shape index (κ2) is 7.94. The minimum atomic E-state index is -1.07. The van der Waals surface area contributed by atoms with Crippen molar-refractivity contribution in [3.8, 4) is 0 Å². The van der Waals surface area contributed by atoms with Crippen molar-refractivity contribution in [3.63, 3.8) is 0 Å². The van der Waals surface area contributed by atoms with Crippen molar-refractivity contribution in [2.45, 2.75) is 25.2 Å². The SMILES string of the molecule is CCCC[S+](C(=S)S)C(O)C(=O)c1ccccc1. The zero-order chi connectivity index (χ0) is 13.5. The second-order valence-electron chi connectivity index (χ2n) is 3.84. The van der Waals surface area contributed by atoms with Crippen LogP contribution in [0.25, 0.3) is 0 Å². The van der Waals surface area contributed by atoms with Crippen LogP contribution < -0.4 is 0 Å². The molecule has 0 aliphatic carbocycles. The number of hydrogen-bond acceptors (Lipinski definition) is 3. The van der Waals surface area contributed by atoms with Crippen LogP contribution in [0.15, 0.2) is 30.3 Å². The van der Waals surface area contributed by atoms with Gasteiger partial charge in [-0.15, -0.1) is 0 Å². The Hall–Kier alpha value is -0.360. The first-order valence-electron chi connectivity index (χ1n) is 5.78. The zero-order valence-electron chi connectivity index (χ0n) is 10.2. The highest BCUT2D eigenvalue weighted by molar-refractivity contribution is 8.40. The predicted octanol–water partition coefficient (Wildman–Crippen LogP) is 2.82. The lowest BCUT2D eigenvalue weighted by Crippen LogP contribution is -2.35. The first-order chi connectivity index (χ1) is 8.57. The fourth-order valence-electron chi connectivity index (χ4n) is 1.47. The summed E-state index contributed by atoms with van der Waals surface area (Å²) in [6.07, 6.45) is 1.94. The summed E-state index contributed by atoms with van der Waals surface area (Å²) in [5.41, 5.74) is -0.549. The lowest BCUT2D eigenvalue weighted by atomic mass is 10.1. The molecule has 0 aromatic heterocycles. The van der Waals surface area contributed by atoms with Crippen molar-refractivity contribution < 1.29 is 9.90 Å². The Morgan fingerprint density at radius 1 is 1.44 bits per heavy atom. The summed E-state index contributed by atoms with van der Waals surface area (Å²) in [7, 11) is -0.650. The molecule has 0 aliphatic heterocycles. The number of thiol groups is 1. The highest BCUT2D eigenvalue weighted by Crippen LogP contribution is 2.17. The third kappa shape index (κ3) is 4.39. The summed E-state index contributed by atoms with van der Waals surface area (Å²) in [6, 6.07) is 8.80. The molecule has 0 fully saturated rings. The Balaban J connectivity index is 2.80. The van der Waals surface area contributed by atoms with E-state index in [0.717, 1.165) is 18.6 Å². The predicted molar refractivity (Wildman–Crippen MR) is 85.5 cm³/mol. The van der Waals surface area contributed by atoms with E-state index in [-0.39, 0.29) is 5.78 Å². The fourth-order valence-corrected chi connectivity index (χ4v) is 4.15. The Kier molecular flexibility index (Phi) is 6.92. The monoisotopic (exact) mass is 301 g/mol. The van der Waals surface area contributed by atoms with Crippen LogP contribution in [0, 0.1) is 0 Å². The third-order valence-electron chi connectivity index (χ3n) is 2.49. The number of thiocarbonyl (C=S) groups is 1. The lowest BCUT2D eigenvalue weighted by molar-refractivity contribution is 0.0866. The maximum absolute atomic E-state index is 12.1. The van der Waals surface area contributed by atoms with Crippen molar-refractivity contribution in [1.82, 2.24) is 0 Å². The minimum absolute atomic E-state index is 0.272. The number of Topliss-reactive ketones (excluding diaryl/α,β-unsaturated/α-hetero) is 1. The average molecular weight is 301 g/mol. The van der Waals surface area contributed by atoms with Gasteiger partial charge in [0.2, 0.25) is 5.78 Å². The van der Waals surface area contributed by atoms with E-state index in [9.17, 15) is 9.90 Å². The molecule has 0 aliphatic rings. The van der Waals surface area contributed by atoms with E-state index in [0.29, 0.717) is 9.09 Å². The van der Waals surface area contributed by atoms with Crippen LogP contribution in [0.3, 0.4) is 0 Å². The molecule has 1 aromatic rings. The summed E-state index contributed by atoms with van der Waals surface area (Å²) in [5.74, 6) is 0.449. The van der Waals surface area contributed by atoms with Gasteiger partial charge >= 0.3 is 0 Å². The van der Waals surface area contributed by atoms with E-state index in [1.165, 1.54) is 0 Å². The molecule has 18 heavy (non-hydrogen) atoms. The molecule has 0 bridgehead atoms. The smallest absolute Gasteiger partial charge is 0.286 e. The molecule has 1 aromatic carbocycles. The zero-order valence-corrected chi connectivity index (χ0v) is 12.7. The van der Waals surface area contributed by atoms with E-state index in [4.69, 9.17) is 12.2 Å². The summed E-state index contributed by atoms with van der Waals surface area (Å²) in [4.78, 5) is 12.1. The van der Waals surface area contributed by atoms with E-state index < -0.39 is 16.3 Å². The molecule has 2 nitrogen and oxygen atoms in total. The van der Waals surface area contributed by atoms with Crippen LogP contribution in [0.5, 0.6) is 0 Å². The lowest BCUT2D eigenvalue weighted by Gasteiger charge is -2.11. The number of unbranched alkanes of at least 4 members (excludes halogenated alkanes) is 1. The van der Waals surface area contributed by atoms with E-state index in [2.05, 4.69) is 19.6 Å². The molecular formula is C13H17O2S3+. The second-order valence-corrected chi connectivity index (χ2v) is 7.67. The standard InChI is InChI=1S/C13H16O2S3/c1-2-3-9-18(13(16)17)12(15)11(14)10-7-5-4-6-8-10/h4-8,12,15H,2-3,9H2,1H3/p+1. The van der Waals surface area contributed by atoms with Gasteiger partial charge in [0.15, 0.2) is 0 Å². The van der Waals surface area contributed by atoms with Crippen molar-refractivity contribution in [1.29, 1.82) is 0 Å². The Morgan fingerprint density at radius 3 is 2.56 bits per heavy atom. The van der Waals surface area contributed by atoms with Gasteiger partial charge in [-0.25, -0.2) is 0 Å². The van der Waals surface area contributed by atoms with Crippen LogP contribution >= 0.6 is 24.8 Å². The summed E-state index contributed by atoms with van der Waals surface area (Å²) in [6.45, 7) is 2.06. The van der Waals surface area contributed by atoms with Crippen LogP contribution in [-0.4, -0.2) is 25.6 Å². The molecule has 5 heteroatoms. The molecule has 0 heterocycles. The topological polar surface area (TPSA) is 37.3 Å². The third-order valence-corrected chi connectivity index (χ3v) is 5.77. The Labute approximate surface area is 122 Å². The number of carbonyl (C=O) groups is 1. The van der Waals surface area contributed by atoms with Gasteiger partial charge in [-0.05, 0) is 18.6 Å². The maximum atomic E-state index is 12.1. The van der Waals surface area contributed by atoms with E-state index in [1.807, 2.05) is 6.07 Å². The van der Waals surface area contributed by atoms with Gasteiger partial charge in [0.05, 0.1) is 10.9 Å². The molecule has 0 saturated heterocycles. The van der Waals surface area contributed by atoms with Gasteiger partial charge in [0.25, 0.3) is 8.96 Å². The molecule has 98 valence electrons. The highest BCUT2D eigenvalue weighted by atomic mass is 32.3. The number of carbonyl (C=O) groups excluding carboxylic acids is 1. The molecule has 0 amide bonds. The Morgan fingerprint density at radius 2 is 2.06 bits per heavy atom. The van der Waals surface area contributed by atoms with Gasteiger partial charge < -0.3 is 5.11 Å². The summed E-state index contributed by atoms with van der Waals surface area (Å²) >= 11 is 9.18. The molecule has 2 atom stereocenters.